The van der Waals surface area contributed by atoms with Gasteiger partial charge < -0.3 is 10.2 Å². The van der Waals surface area contributed by atoms with Gasteiger partial charge in [0, 0.05) is 24.3 Å². The highest BCUT2D eigenvalue weighted by molar-refractivity contribution is 9.10. The monoisotopic (exact) mass is 413 g/mol. The number of rotatable bonds is 3. The maximum Gasteiger partial charge on any atom is 0.326 e. The van der Waals surface area contributed by atoms with Crippen LogP contribution in [0.15, 0.2) is 70.3 Å². The van der Waals surface area contributed by atoms with Crippen molar-refractivity contribution in [1.82, 2.24) is 10.2 Å². The lowest BCUT2D eigenvalue weighted by molar-refractivity contribution is -0.125. The van der Waals surface area contributed by atoms with Crippen molar-refractivity contribution in [2.45, 2.75) is 13.0 Å². The Kier molecular flexibility index (Phi) is 5.13. The molecule has 1 N–H and O–H groups in total. The van der Waals surface area contributed by atoms with Crippen molar-refractivity contribution in [2.75, 3.05) is 19.0 Å². The molecule has 0 aliphatic carbocycles. The van der Waals surface area contributed by atoms with E-state index in [-0.39, 0.29) is 11.9 Å². The van der Waals surface area contributed by atoms with Crippen LogP contribution in [0.5, 0.6) is 0 Å². The van der Waals surface area contributed by atoms with Crippen LogP contribution in [0, 0.1) is 0 Å². The van der Waals surface area contributed by atoms with Crippen LogP contribution in [0.2, 0.25) is 0 Å². The highest BCUT2D eigenvalue weighted by Crippen LogP contribution is 2.34. The first kappa shape index (κ1) is 18.2. The molecule has 0 fully saturated rings. The van der Waals surface area contributed by atoms with Crippen molar-refractivity contribution in [1.29, 1.82) is 0 Å². The van der Waals surface area contributed by atoms with Crippen LogP contribution < -0.4 is 10.2 Å². The lowest BCUT2D eigenvalue weighted by Gasteiger charge is -2.36. The van der Waals surface area contributed by atoms with Crippen molar-refractivity contribution in [2.24, 2.45) is 0 Å². The van der Waals surface area contributed by atoms with E-state index < -0.39 is 6.04 Å². The molecule has 26 heavy (non-hydrogen) atoms. The van der Waals surface area contributed by atoms with Gasteiger partial charge in [0.1, 0.15) is 0 Å². The molecule has 0 spiro atoms. The van der Waals surface area contributed by atoms with Crippen LogP contribution in [-0.4, -0.2) is 30.9 Å². The molecule has 1 heterocycles. The number of likely N-dealkylation sites (N-methyl/N-ethyl adjacent to an activating group) is 1. The van der Waals surface area contributed by atoms with Crippen LogP contribution in [0.1, 0.15) is 18.5 Å². The van der Waals surface area contributed by atoms with Crippen LogP contribution >= 0.6 is 15.9 Å². The molecule has 3 amide bonds. The first-order chi connectivity index (χ1) is 12.4. The number of anilines is 1. The van der Waals surface area contributed by atoms with Crippen LogP contribution in [0.3, 0.4) is 0 Å². The van der Waals surface area contributed by atoms with Gasteiger partial charge in [-0.25, -0.2) is 4.79 Å². The third kappa shape index (κ3) is 3.37. The van der Waals surface area contributed by atoms with Gasteiger partial charge in [-0.15, -0.1) is 0 Å². The number of carbonyl (C=O) groups is 2. The number of hydrogen-bond donors (Lipinski definition) is 1. The minimum Gasteiger partial charge on any atom is -0.345 e. The number of carbonyl (C=O) groups excluding carboxylic acids is 2. The van der Waals surface area contributed by atoms with E-state index in [1.807, 2.05) is 61.5 Å². The fourth-order valence-corrected chi connectivity index (χ4v) is 3.47. The van der Waals surface area contributed by atoms with E-state index in [0.29, 0.717) is 17.0 Å². The number of urea groups is 1. The average Bonchev–Trinajstić information content (AvgIpc) is 2.61. The lowest BCUT2D eigenvalue weighted by Crippen LogP contribution is -2.49. The minimum absolute atomic E-state index is 0.128. The number of amides is 3. The quantitative estimate of drug-likeness (QED) is 0.823. The van der Waals surface area contributed by atoms with Crippen molar-refractivity contribution in [3.8, 4) is 0 Å². The number of nitrogens with zero attached hydrogens (tertiary/aromatic N) is 2. The van der Waals surface area contributed by atoms with Crippen LogP contribution in [-0.2, 0) is 4.79 Å². The van der Waals surface area contributed by atoms with E-state index in [1.54, 1.807) is 19.0 Å². The summed E-state index contributed by atoms with van der Waals surface area (Å²) in [6.07, 6.45) is 0. The average molecular weight is 414 g/mol. The molecule has 0 bridgehead atoms. The molecule has 3 rings (SSSR count). The minimum atomic E-state index is -0.484. The number of hydrogen-bond acceptors (Lipinski definition) is 2. The first-order valence-electron chi connectivity index (χ1n) is 8.23. The zero-order valence-electron chi connectivity index (χ0n) is 14.9. The van der Waals surface area contributed by atoms with E-state index in [1.165, 1.54) is 4.90 Å². The summed E-state index contributed by atoms with van der Waals surface area (Å²) in [6.45, 7) is 1.81. The number of halogens is 1. The molecule has 0 saturated carbocycles. The van der Waals surface area contributed by atoms with Crippen molar-refractivity contribution in [3.05, 3.63) is 75.9 Å². The molecule has 0 aromatic heterocycles. The Morgan fingerprint density at radius 1 is 1.12 bits per heavy atom. The van der Waals surface area contributed by atoms with Gasteiger partial charge in [-0.1, -0.05) is 52.3 Å². The molecule has 2 aromatic rings. The highest BCUT2D eigenvalue weighted by atomic mass is 79.9. The van der Waals surface area contributed by atoms with E-state index >= 15 is 0 Å². The van der Waals surface area contributed by atoms with Crippen LogP contribution in [0.4, 0.5) is 10.5 Å². The Labute approximate surface area is 161 Å². The molecule has 6 heteroatoms. The molecule has 0 radical (unpaired) electrons. The smallest absolute Gasteiger partial charge is 0.326 e. The Hall–Kier alpha value is -2.60. The third-order valence-electron chi connectivity index (χ3n) is 4.32. The van der Waals surface area contributed by atoms with Gasteiger partial charge in [0.05, 0.1) is 17.3 Å². The van der Waals surface area contributed by atoms with Gasteiger partial charge in [0.15, 0.2) is 0 Å². The number of benzene rings is 2. The van der Waals surface area contributed by atoms with Crippen molar-refractivity contribution in [3.63, 3.8) is 0 Å². The predicted octanol–water partition coefficient (Wildman–Crippen LogP) is 4.08. The van der Waals surface area contributed by atoms with Crippen molar-refractivity contribution >= 4 is 33.6 Å². The molecule has 134 valence electrons. The molecule has 1 atom stereocenters. The summed E-state index contributed by atoms with van der Waals surface area (Å²) in [4.78, 5) is 28.9. The van der Waals surface area contributed by atoms with Gasteiger partial charge in [-0.3, -0.25) is 9.69 Å². The Morgan fingerprint density at radius 2 is 1.81 bits per heavy atom. The topological polar surface area (TPSA) is 52.7 Å². The third-order valence-corrected chi connectivity index (χ3v) is 4.81. The van der Waals surface area contributed by atoms with E-state index in [2.05, 4.69) is 21.2 Å². The number of nitrogens with one attached hydrogen (secondary N) is 1. The summed E-state index contributed by atoms with van der Waals surface area (Å²) >= 11 is 3.43. The summed E-state index contributed by atoms with van der Waals surface area (Å²) < 4.78 is 0.862. The van der Waals surface area contributed by atoms with Gasteiger partial charge in [-0.2, -0.15) is 0 Å². The van der Waals surface area contributed by atoms with E-state index in [9.17, 15) is 9.59 Å². The van der Waals surface area contributed by atoms with Gasteiger partial charge in [-0.05, 0) is 30.7 Å². The van der Waals surface area contributed by atoms with Gasteiger partial charge >= 0.3 is 6.03 Å². The maximum absolute atomic E-state index is 12.9. The largest absolute Gasteiger partial charge is 0.345 e. The summed E-state index contributed by atoms with van der Waals surface area (Å²) in [6, 6.07) is 16.2. The van der Waals surface area contributed by atoms with Crippen LogP contribution in [0.25, 0.3) is 0 Å². The van der Waals surface area contributed by atoms with E-state index in [0.717, 1.165) is 10.0 Å². The summed E-state index contributed by atoms with van der Waals surface area (Å²) in [5, 5.41) is 2.98. The fourth-order valence-electron chi connectivity index (χ4n) is 3.08. The zero-order valence-corrected chi connectivity index (χ0v) is 16.4. The Balaban J connectivity index is 2.16. The SMILES string of the molecule is CC1=C(C(=O)N(C)C)[C@@H](c2ccccc2)NC(=O)N1c1cccc(Br)c1. The van der Waals surface area contributed by atoms with Crippen molar-refractivity contribution < 1.29 is 9.59 Å². The highest BCUT2D eigenvalue weighted by Gasteiger charge is 2.36. The normalized spacial score (nSPS) is 17.2. The molecular formula is C20H20BrN3O2. The summed E-state index contributed by atoms with van der Waals surface area (Å²) in [5.41, 5.74) is 2.75. The second-order valence-electron chi connectivity index (χ2n) is 6.31. The molecule has 0 unspecified atom stereocenters. The molecular weight excluding hydrogens is 394 g/mol. The second kappa shape index (κ2) is 7.33. The summed E-state index contributed by atoms with van der Waals surface area (Å²) in [5.74, 6) is -0.128. The Morgan fingerprint density at radius 3 is 2.42 bits per heavy atom. The maximum atomic E-state index is 12.9. The molecule has 1 aliphatic heterocycles. The number of allylic oxidation sites excluding steroid dienone is 1. The predicted molar refractivity (Wildman–Crippen MR) is 106 cm³/mol. The van der Waals surface area contributed by atoms with Gasteiger partial charge in [0.2, 0.25) is 0 Å². The molecule has 1 aliphatic rings. The lowest BCUT2D eigenvalue weighted by atomic mass is 9.93. The zero-order chi connectivity index (χ0) is 18.8. The second-order valence-corrected chi connectivity index (χ2v) is 7.22. The Bertz CT molecular complexity index is 878. The molecule has 5 nitrogen and oxygen atoms in total. The first-order valence-corrected chi connectivity index (χ1v) is 9.03. The van der Waals surface area contributed by atoms with E-state index in [4.69, 9.17) is 0 Å². The molecule has 0 saturated heterocycles. The summed E-state index contributed by atoms with van der Waals surface area (Å²) in [7, 11) is 3.43. The molecule has 2 aromatic carbocycles. The fraction of sp³-hybridized carbons (Fsp3) is 0.200. The standard InChI is InChI=1S/C20H20BrN3O2/c1-13-17(19(25)23(2)3)18(14-8-5-4-6-9-14)22-20(26)24(13)16-11-7-10-15(21)12-16/h4-12,18H,1-3H3,(H,22,26)/t18-/m1/s1. The van der Waals surface area contributed by atoms with Gasteiger partial charge in [0.25, 0.3) is 5.91 Å².